The minimum Gasteiger partial charge on any atom is -0.465 e. The highest BCUT2D eigenvalue weighted by molar-refractivity contribution is 5.66. The lowest BCUT2D eigenvalue weighted by molar-refractivity contribution is 0.0334. The van der Waals surface area contributed by atoms with Gasteiger partial charge >= 0.3 is 6.09 Å². The van der Waals surface area contributed by atoms with E-state index in [1.165, 1.54) is 0 Å². The van der Waals surface area contributed by atoms with Crippen molar-refractivity contribution in [2.24, 2.45) is 5.92 Å². The van der Waals surface area contributed by atoms with Crippen LogP contribution in [-0.2, 0) is 6.42 Å². The number of carbonyl (C=O) groups is 1. The number of aliphatic hydroxyl groups is 1. The Bertz CT molecular complexity index is 391. The fourth-order valence-electron chi connectivity index (χ4n) is 2.58. The molecule has 3 N–H and O–H groups in total. The SMILES string of the molecule is O=C(O)NC1(Cc2ccccc2)CCC1CO. The van der Waals surface area contributed by atoms with Crippen LogP contribution in [0.1, 0.15) is 18.4 Å². The summed E-state index contributed by atoms with van der Waals surface area (Å²) in [6.07, 6.45) is 1.30. The van der Waals surface area contributed by atoms with E-state index in [4.69, 9.17) is 5.11 Å². The second-order valence-corrected chi connectivity index (χ2v) is 4.67. The van der Waals surface area contributed by atoms with E-state index in [0.717, 1.165) is 18.4 Å². The summed E-state index contributed by atoms with van der Waals surface area (Å²) in [6, 6.07) is 9.79. The number of amides is 1. The molecule has 1 aliphatic carbocycles. The molecule has 0 aromatic heterocycles. The number of rotatable bonds is 4. The van der Waals surface area contributed by atoms with Crippen LogP contribution in [-0.4, -0.2) is 28.5 Å². The third-order valence-corrected chi connectivity index (χ3v) is 3.66. The Morgan fingerprint density at radius 3 is 2.59 bits per heavy atom. The van der Waals surface area contributed by atoms with Crippen LogP contribution in [0.4, 0.5) is 4.79 Å². The van der Waals surface area contributed by atoms with E-state index in [2.05, 4.69) is 5.32 Å². The maximum atomic E-state index is 10.9. The standard InChI is InChI=1S/C13H17NO3/c15-9-11-6-7-13(11,14-12(16)17)8-10-4-2-1-3-5-10/h1-5,11,14-15H,6-9H2,(H,16,17). The van der Waals surface area contributed by atoms with E-state index in [1.54, 1.807) is 0 Å². The molecule has 1 amide bonds. The summed E-state index contributed by atoms with van der Waals surface area (Å²) >= 11 is 0. The molecule has 2 atom stereocenters. The Morgan fingerprint density at radius 2 is 2.12 bits per heavy atom. The highest BCUT2D eigenvalue weighted by Gasteiger charge is 2.47. The molecule has 0 radical (unpaired) electrons. The van der Waals surface area contributed by atoms with Gasteiger partial charge in [0, 0.05) is 12.5 Å². The molecule has 0 bridgehead atoms. The molecule has 2 unspecified atom stereocenters. The highest BCUT2D eigenvalue weighted by Crippen LogP contribution is 2.40. The van der Waals surface area contributed by atoms with Gasteiger partial charge in [0.15, 0.2) is 0 Å². The largest absolute Gasteiger partial charge is 0.465 e. The van der Waals surface area contributed by atoms with Crippen LogP contribution in [0.5, 0.6) is 0 Å². The van der Waals surface area contributed by atoms with Crippen molar-refractivity contribution in [3.8, 4) is 0 Å². The third kappa shape index (κ3) is 2.42. The van der Waals surface area contributed by atoms with Crippen LogP contribution in [0.25, 0.3) is 0 Å². The molecule has 0 spiro atoms. The molecular formula is C13H17NO3. The van der Waals surface area contributed by atoms with Crippen LogP contribution in [0, 0.1) is 5.92 Å². The van der Waals surface area contributed by atoms with Gasteiger partial charge in [0.1, 0.15) is 0 Å². The second kappa shape index (κ2) is 4.75. The quantitative estimate of drug-likeness (QED) is 0.743. The first-order chi connectivity index (χ1) is 8.16. The first-order valence-corrected chi connectivity index (χ1v) is 5.82. The summed E-state index contributed by atoms with van der Waals surface area (Å²) in [5, 5.41) is 20.8. The molecule has 0 heterocycles. The lowest BCUT2D eigenvalue weighted by Gasteiger charge is -2.49. The van der Waals surface area contributed by atoms with Gasteiger partial charge in [-0.3, -0.25) is 0 Å². The predicted octanol–water partition coefficient (Wildman–Crippen LogP) is 1.64. The van der Waals surface area contributed by atoms with Crippen molar-refractivity contribution in [1.82, 2.24) is 5.32 Å². The first kappa shape index (κ1) is 11.9. The van der Waals surface area contributed by atoms with Gasteiger partial charge in [-0.25, -0.2) is 4.79 Å². The van der Waals surface area contributed by atoms with Gasteiger partial charge in [0.2, 0.25) is 0 Å². The maximum absolute atomic E-state index is 10.9. The summed E-state index contributed by atoms with van der Waals surface area (Å²) < 4.78 is 0. The molecule has 92 valence electrons. The topological polar surface area (TPSA) is 69.6 Å². The Hall–Kier alpha value is -1.55. The minimum absolute atomic E-state index is 0.0267. The van der Waals surface area contributed by atoms with Gasteiger partial charge < -0.3 is 15.5 Å². The second-order valence-electron chi connectivity index (χ2n) is 4.67. The van der Waals surface area contributed by atoms with Crippen LogP contribution in [0.2, 0.25) is 0 Å². The fourth-order valence-corrected chi connectivity index (χ4v) is 2.58. The summed E-state index contributed by atoms with van der Waals surface area (Å²) in [4.78, 5) is 10.9. The molecule has 1 aliphatic rings. The zero-order valence-electron chi connectivity index (χ0n) is 9.60. The van der Waals surface area contributed by atoms with Gasteiger partial charge in [-0.1, -0.05) is 30.3 Å². The Labute approximate surface area is 100 Å². The third-order valence-electron chi connectivity index (χ3n) is 3.66. The van der Waals surface area contributed by atoms with Crippen molar-refractivity contribution in [3.63, 3.8) is 0 Å². The van der Waals surface area contributed by atoms with E-state index >= 15 is 0 Å². The summed E-state index contributed by atoms with van der Waals surface area (Å²) in [7, 11) is 0. The van der Waals surface area contributed by atoms with Crippen molar-refractivity contribution < 1.29 is 15.0 Å². The van der Waals surface area contributed by atoms with Crippen LogP contribution >= 0.6 is 0 Å². The van der Waals surface area contributed by atoms with Crippen molar-refractivity contribution >= 4 is 6.09 Å². The monoisotopic (exact) mass is 235 g/mol. The predicted molar refractivity (Wildman–Crippen MR) is 63.8 cm³/mol. The van der Waals surface area contributed by atoms with Gasteiger partial charge in [-0.2, -0.15) is 0 Å². The molecule has 4 nitrogen and oxygen atoms in total. The van der Waals surface area contributed by atoms with E-state index in [1.807, 2.05) is 30.3 Å². The van der Waals surface area contributed by atoms with Crippen LogP contribution in [0.15, 0.2) is 30.3 Å². The zero-order chi connectivity index (χ0) is 12.3. The van der Waals surface area contributed by atoms with Gasteiger partial charge in [0.05, 0.1) is 5.54 Å². The van der Waals surface area contributed by atoms with Crippen molar-refractivity contribution in [1.29, 1.82) is 0 Å². The molecular weight excluding hydrogens is 218 g/mol. The lowest BCUT2D eigenvalue weighted by atomic mass is 9.64. The summed E-state index contributed by atoms with van der Waals surface area (Å²) in [5.41, 5.74) is 0.612. The molecule has 0 aliphatic heterocycles. The summed E-state index contributed by atoms with van der Waals surface area (Å²) in [5.74, 6) is 0.0267. The molecule has 4 heteroatoms. The smallest absolute Gasteiger partial charge is 0.405 e. The summed E-state index contributed by atoms with van der Waals surface area (Å²) in [6.45, 7) is 0.0348. The van der Waals surface area contributed by atoms with Crippen molar-refractivity contribution in [2.45, 2.75) is 24.8 Å². The average Bonchev–Trinajstić information content (AvgIpc) is 2.28. The number of hydrogen-bond acceptors (Lipinski definition) is 2. The molecule has 0 saturated heterocycles. The highest BCUT2D eigenvalue weighted by atomic mass is 16.4. The average molecular weight is 235 g/mol. The van der Waals surface area contributed by atoms with Gasteiger partial charge in [0.25, 0.3) is 0 Å². The fraction of sp³-hybridized carbons (Fsp3) is 0.462. The Balaban J connectivity index is 2.14. The Kier molecular flexibility index (Phi) is 3.33. The van der Waals surface area contributed by atoms with E-state index in [-0.39, 0.29) is 12.5 Å². The molecule has 1 aromatic carbocycles. The number of aliphatic hydroxyl groups excluding tert-OH is 1. The molecule has 1 fully saturated rings. The molecule has 1 aromatic rings. The maximum Gasteiger partial charge on any atom is 0.405 e. The number of benzene rings is 1. The zero-order valence-corrected chi connectivity index (χ0v) is 9.60. The number of hydrogen-bond donors (Lipinski definition) is 3. The number of carboxylic acid groups (broad SMARTS) is 1. The molecule has 17 heavy (non-hydrogen) atoms. The van der Waals surface area contributed by atoms with Gasteiger partial charge in [-0.15, -0.1) is 0 Å². The normalized spacial score (nSPS) is 27.2. The lowest BCUT2D eigenvalue weighted by Crippen LogP contribution is -2.62. The van der Waals surface area contributed by atoms with E-state index < -0.39 is 11.6 Å². The molecule has 2 rings (SSSR count). The Morgan fingerprint density at radius 1 is 1.41 bits per heavy atom. The number of nitrogens with one attached hydrogen (secondary N) is 1. The van der Waals surface area contributed by atoms with E-state index in [9.17, 15) is 9.90 Å². The van der Waals surface area contributed by atoms with Gasteiger partial charge in [-0.05, 0) is 24.8 Å². The van der Waals surface area contributed by atoms with E-state index in [0.29, 0.717) is 6.42 Å². The first-order valence-electron chi connectivity index (χ1n) is 5.82. The minimum atomic E-state index is -1.01. The van der Waals surface area contributed by atoms with Crippen molar-refractivity contribution in [2.75, 3.05) is 6.61 Å². The van der Waals surface area contributed by atoms with Crippen LogP contribution < -0.4 is 5.32 Å². The van der Waals surface area contributed by atoms with Crippen molar-refractivity contribution in [3.05, 3.63) is 35.9 Å². The molecule has 1 saturated carbocycles. The van der Waals surface area contributed by atoms with Crippen LogP contribution in [0.3, 0.4) is 0 Å².